The Hall–Kier alpha value is -3.65. The normalized spacial score (nSPS) is 20.1. The SMILES string of the molecule is O=CCc1ccc2cc(CCOC3CC4OC(=O)C=C4C=C3O)cc(=O)c(O)c2c1O. The van der Waals surface area contributed by atoms with E-state index in [4.69, 9.17) is 9.47 Å². The molecule has 0 amide bonds. The van der Waals surface area contributed by atoms with Crippen LogP contribution >= 0.6 is 0 Å². The maximum Gasteiger partial charge on any atom is 0.331 e. The monoisotopic (exact) mass is 424 g/mol. The van der Waals surface area contributed by atoms with E-state index in [-0.39, 0.29) is 29.9 Å². The second kappa shape index (κ2) is 8.23. The topological polar surface area (TPSA) is 130 Å². The lowest BCUT2D eigenvalue weighted by molar-refractivity contribution is -0.140. The second-order valence-corrected chi connectivity index (χ2v) is 7.47. The molecule has 1 aliphatic heterocycles. The molecule has 3 N–H and O–H groups in total. The van der Waals surface area contributed by atoms with Gasteiger partial charge in [0.05, 0.1) is 12.0 Å². The van der Waals surface area contributed by atoms with Crippen LogP contribution in [-0.2, 0) is 31.9 Å². The number of ether oxygens (including phenoxy) is 2. The molecule has 2 unspecified atom stereocenters. The van der Waals surface area contributed by atoms with Gasteiger partial charge in [-0.25, -0.2) is 4.79 Å². The number of carbonyl (C=O) groups excluding carboxylic acids is 2. The molecule has 8 nitrogen and oxygen atoms in total. The number of benzene rings is 1. The van der Waals surface area contributed by atoms with Crippen LogP contribution in [0.3, 0.4) is 0 Å². The van der Waals surface area contributed by atoms with Crippen molar-refractivity contribution in [2.45, 2.75) is 31.5 Å². The minimum absolute atomic E-state index is 0.000319. The lowest BCUT2D eigenvalue weighted by atomic mass is 9.96. The zero-order valence-electron chi connectivity index (χ0n) is 16.4. The highest BCUT2D eigenvalue weighted by molar-refractivity contribution is 5.94. The summed E-state index contributed by atoms with van der Waals surface area (Å²) in [7, 11) is 0. The highest BCUT2D eigenvalue weighted by atomic mass is 16.6. The van der Waals surface area contributed by atoms with E-state index in [1.165, 1.54) is 18.2 Å². The molecule has 2 aromatic carbocycles. The second-order valence-electron chi connectivity index (χ2n) is 7.47. The fourth-order valence-electron chi connectivity index (χ4n) is 3.86. The van der Waals surface area contributed by atoms with Crippen molar-refractivity contribution in [3.05, 3.63) is 69.1 Å². The fourth-order valence-corrected chi connectivity index (χ4v) is 3.86. The number of esters is 1. The van der Waals surface area contributed by atoms with Crippen LogP contribution in [0, 0.1) is 0 Å². The summed E-state index contributed by atoms with van der Waals surface area (Å²) in [4.78, 5) is 34.5. The van der Waals surface area contributed by atoms with Gasteiger partial charge < -0.3 is 29.6 Å². The Morgan fingerprint density at radius 2 is 1.90 bits per heavy atom. The Morgan fingerprint density at radius 3 is 2.68 bits per heavy atom. The van der Waals surface area contributed by atoms with Crippen LogP contribution < -0.4 is 5.43 Å². The molecule has 31 heavy (non-hydrogen) atoms. The highest BCUT2D eigenvalue weighted by Gasteiger charge is 2.34. The van der Waals surface area contributed by atoms with Crippen LogP contribution in [0.5, 0.6) is 11.5 Å². The summed E-state index contributed by atoms with van der Waals surface area (Å²) in [5.74, 6) is -1.34. The lowest BCUT2D eigenvalue weighted by Gasteiger charge is -2.25. The Balaban J connectivity index is 1.54. The fraction of sp³-hybridized carbons (Fsp3) is 0.261. The van der Waals surface area contributed by atoms with Gasteiger partial charge in [-0.1, -0.05) is 18.2 Å². The van der Waals surface area contributed by atoms with E-state index in [0.717, 1.165) is 0 Å². The van der Waals surface area contributed by atoms with Crippen LogP contribution in [-0.4, -0.2) is 46.4 Å². The van der Waals surface area contributed by atoms with E-state index in [9.17, 15) is 29.7 Å². The van der Waals surface area contributed by atoms with Crippen LogP contribution in [0.1, 0.15) is 17.5 Å². The number of carbonyl (C=O) groups is 2. The standard InChI is InChI=1S/C23H20O8/c24-5-3-13-1-2-14-7-12(8-17(26)23(29)21(14)22(13)28)4-6-30-19-11-18-15(9-16(19)25)10-20(27)31-18/h1-2,5,7-10,18-19,25,28H,3-4,6,11H2,(H,26,29). The van der Waals surface area contributed by atoms with Gasteiger partial charge in [0.25, 0.3) is 0 Å². The summed E-state index contributed by atoms with van der Waals surface area (Å²) in [6, 6.07) is 6.10. The maximum atomic E-state index is 12.4. The van der Waals surface area contributed by atoms with Crippen molar-refractivity contribution >= 4 is 23.0 Å². The molecule has 0 aromatic heterocycles. The number of aldehydes is 1. The van der Waals surface area contributed by atoms with Crippen molar-refractivity contribution in [3.63, 3.8) is 0 Å². The number of hydrogen-bond donors (Lipinski definition) is 3. The Bertz CT molecular complexity index is 1190. The van der Waals surface area contributed by atoms with E-state index in [2.05, 4.69) is 0 Å². The van der Waals surface area contributed by atoms with Crippen LogP contribution in [0.2, 0.25) is 0 Å². The molecular weight excluding hydrogens is 404 g/mol. The quantitative estimate of drug-likeness (QED) is 0.474. The third kappa shape index (κ3) is 4.02. The molecule has 8 heteroatoms. The summed E-state index contributed by atoms with van der Waals surface area (Å²) < 4.78 is 10.9. The Labute approximate surface area is 176 Å². The maximum absolute atomic E-state index is 12.4. The first-order valence-corrected chi connectivity index (χ1v) is 9.76. The average Bonchev–Trinajstić information content (AvgIpc) is 3.02. The molecule has 1 aliphatic carbocycles. The molecule has 4 rings (SSSR count). The molecule has 0 radical (unpaired) electrons. The molecule has 0 saturated heterocycles. The van der Waals surface area contributed by atoms with Crippen molar-refractivity contribution in [3.8, 4) is 11.5 Å². The van der Waals surface area contributed by atoms with Gasteiger partial charge in [0.15, 0.2) is 5.75 Å². The number of aliphatic hydroxyl groups is 1. The molecule has 2 aromatic rings. The Kier molecular flexibility index (Phi) is 5.48. The molecule has 2 aliphatic rings. The third-order valence-corrected chi connectivity index (χ3v) is 5.42. The van der Waals surface area contributed by atoms with Gasteiger partial charge in [0.2, 0.25) is 5.43 Å². The van der Waals surface area contributed by atoms with Crippen LogP contribution in [0.25, 0.3) is 10.8 Å². The number of hydrogen-bond acceptors (Lipinski definition) is 8. The van der Waals surface area contributed by atoms with Gasteiger partial charge in [-0.05, 0) is 29.5 Å². The third-order valence-electron chi connectivity index (χ3n) is 5.42. The van der Waals surface area contributed by atoms with Crippen molar-refractivity contribution in [2.24, 2.45) is 0 Å². The number of fused-ring (bicyclic) bond motifs is 2. The largest absolute Gasteiger partial charge is 0.510 e. The van der Waals surface area contributed by atoms with Crippen LogP contribution in [0.15, 0.2) is 52.5 Å². The zero-order valence-corrected chi connectivity index (χ0v) is 16.4. The van der Waals surface area contributed by atoms with E-state index < -0.39 is 29.4 Å². The number of aromatic hydroxyl groups is 2. The van der Waals surface area contributed by atoms with Gasteiger partial charge in [-0.3, -0.25) is 4.79 Å². The summed E-state index contributed by atoms with van der Waals surface area (Å²) in [5, 5.41) is 31.3. The summed E-state index contributed by atoms with van der Waals surface area (Å²) in [6.07, 6.45) is 2.90. The molecule has 0 spiro atoms. The predicted octanol–water partition coefficient (Wildman–Crippen LogP) is 1.98. The average molecular weight is 424 g/mol. The molecule has 1 heterocycles. The van der Waals surface area contributed by atoms with Gasteiger partial charge in [0, 0.05) is 30.1 Å². The van der Waals surface area contributed by atoms with Gasteiger partial charge >= 0.3 is 5.97 Å². The zero-order chi connectivity index (χ0) is 22.1. The van der Waals surface area contributed by atoms with Crippen molar-refractivity contribution < 1.29 is 34.4 Å². The first kappa shape index (κ1) is 20.6. The summed E-state index contributed by atoms with van der Waals surface area (Å²) in [5.41, 5.74) is 0.819. The van der Waals surface area contributed by atoms with E-state index in [0.29, 0.717) is 41.2 Å². The van der Waals surface area contributed by atoms with E-state index in [1.54, 1.807) is 18.2 Å². The number of phenols is 1. The van der Waals surface area contributed by atoms with Crippen molar-refractivity contribution in [1.29, 1.82) is 0 Å². The molecule has 0 fully saturated rings. The Morgan fingerprint density at radius 1 is 1.10 bits per heavy atom. The predicted molar refractivity (Wildman–Crippen MR) is 110 cm³/mol. The number of aliphatic hydroxyl groups excluding tert-OH is 1. The minimum Gasteiger partial charge on any atom is -0.510 e. The van der Waals surface area contributed by atoms with Crippen molar-refractivity contribution in [1.82, 2.24) is 0 Å². The van der Waals surface area contributed by atoms with Crippen molar-refractivity contribution in [2.75, 3.05) is 6.61 Å². The molecular formula is C23H20O8. The van der Waals surface area contributed by atoms with Crippen LogP contribution in [0.4, 0.5) is 0 Å². The molecule has 160 valence electrons. The summed E-state index contributed by atoms with van der Waals surface area (Å²) >= 11 is 0. The van der Waals surface area contributed by atoms with E-state index in [1.807, 2.05) is 0 Å². The van der Waals surface area contributed by atoms with Gasteiger partial charge in [-0.2, -0.15) is 0 Å². The number of rotatable bonds is 6. The molecule has 2 atom stereocenters. The van der Waals surface area contributed by atoms with E-state index >= 15 is 0 Å². The lowest BCUT2D eigenvalue weighted by Crippen LogP contribution is -2.29. The molecule has 0 bridgehead atoms. The first-order valence-electron chi connectivity index (χ1n) is 9.76. The van der Waals surface area contributed by atoms with Gasteiger partial charge in [0.1, 0.15) is 30.0 Å². The summed E-state index contributed by atoms with van der Waals surface area (Å²) in [6.45, 7) is 0.156. The smallest absolute Gasteiger partial charge is 0.331 e. The highest BCUT2D eigenvalue weighted by Crippen LogP contribution is 2.34. The molecule has 0 saturated carbocycles. The van der Waals surface area contributed by atoms with Gasteiger partial charge in [-0.15, -0.1) is 0 Å². The first-order chi connectivity index (χ1) is 14.9. The minimum atomic E-state index is -0.670. The number of phenolic OH excluding ortho intramolecular Hbond substituents is 1.